The van der Waals surface area contributed by atoms with Gasteiger partial charge in [-0.1, -0.05) is 0 Å². The quantitative estimate of drug-likeness (QED) is 0.725. The fraction of sp³-hybridized carbons (Fsp3) is 0.538. The predicted octanol–water partition coefficient (Wildman–Crippen LogP) is 0.659. The number of hydrogen-bond acceptors (Lipinski definition) is 5. The van der Waals surface area contributed by atoms with Crippen molar-refractivity contribution in [1.29, 1.82) is 0 Å². The minimum Gasteiger partial charge on any atom is -0.397 e. The highest BCUT2D eigenvalue weighted by molar-refractivity contribution is 5.98. The lowest BCUT2D eigenvalue weighted by Crippen LogP contribution is -2.33. The number of nitrogens with one attached hydrogen (secondary N) is 1. The summed E-state index contributed by atoms with van der Waals surface area (Å²) in [6.07, 6.45) is 4.05. The Labute approximate surface area is 113 Å². The van der Waals surface area contributed by atoms with Crippen molar-refractivity contribution in [1.82, 2.24) is 9.88 Å². The number of nitrogens with zero attached hydrogens (tertiary/aromatic N) is 2. The van der Waals surface area contributed by atoms with Gasteiger partial charge in [0.2, 0.25) is 0 Å². The smallest absolute Gasteiger partial charge is 0.252 e. The molecule has 2 heterocycles. The molecule has 19 heavy (non-hydrogen) atoms. The SMILES string of the molecule is CC(CN1CCCC1)Nc1ncc(N)cc1C(N)=O. The Morgan fingerprint density at radius 1 is 1.53 bits per heavy atom. The minimum absolute atomic E-state index is 0.201. The number of carbonyl (C=O) groups is 1. The van der Waals surface area contributed by atoms with Gasteiger partial charge in [0.05, 0.1) is 17.4 Å². The molecule has 1 saturated heterocycles. The molecule has 104 valence electrons. The van der Waals surface area contributed by atoms with E-state index in [2.05, 4.69) is 22.1 Å². The summed E-state index contributed by atoms with van der Waals surface area (Å²) in [4.78, 5) is 17.9. The molecule has 0 aromatic carbocycles. The number of carbonyl (C=O) groups excluding carboxylic acids is 1. The van der Waals surface area contributed by atoms with Crippen LogP contribution >= 0.6 is 0 Å². The largest absolute Gasteiger partial charge is 0.397 e. The zero-order valence-electron chi connectivity index (χ0n) is 11.2. The van der Waals surface area contributed by atoms with Crippen LogP contribution in [0.15, 0.2) is 12.3 Å². The molecule has 1 aromatic rings. The van der Waals surface area contributed by atoms with Crippen LogP contribution in [0.2, 0.25) is 0 Å². The Hall–Kier alpha value is -1.82. The molecule has 1 amide bonds. The third kappa shape index (κ3) is 3.57. The lowest BCUT2D eigenvalue weighted by Gasteiger charge is -2.22. The van der Waals surface area contributed by atoms with E-state index in [1.807, 2.05) is 0 Å². The van der Waals surface area contributed by atoms with Gasteiger partial charge in [0.15, 0.2) is 0 Å². The number of nitrogens with two attached hydrogens (primary N) is 2. The molecule has 0 aliphatic carbocycles. The van der Waals surface area contributed by atoms with Crippen LogP contribution in [0.5, 0.6) is 0 Å². The Balaban J connectivity index is 2.03. The summed E-state index contributed by atoms with van der Waals surface area (Å²) in [5, 5.41) is 3.24. The van der Waals surface area contributed by atoms with E-state index >= 15 is 0 Å². The van der Waals surface area contributed by atoms with Crippen LogP contribution in [0, 0.1) is 0 Å². The third-order valence-corrected chi connectivity index (χ3v) is 3.29. The average Bonchev–Trinajstić information content (AvgIpc) is 2.83. The summed E-state index contributed by atoms with van der Waals surface area (Å²) in [6, 6.07) is 1.76. The van der Waals surface area contributed by atoms with E-state index in [0.29, 0.717) is 17.1 Å². The number of rotatable bonds is 5. The fourth-order valence-electron chi connectivity index (χ4n) is 2.42. The van der Waals surface area contributed by atoms with Gasteiger partial charge in [-0.25, -0.2) is 4.98 Å². The van der Waals surface area contributed by atoms with Gasteiger partial charge in [0.1, 0.15) is 5.82 Å². The van der Waals surface area contributed by atoms with E-state index in [0.717, 1.165) is 19.6 Å². The molecule has 1 aliphatic heterocycles. The van der Waals surface area contributed by atoms with Crippen LogP contribution in [0.3, 0.4) is 0 Å². The fourth-order valence-corrected chi connectivity index (χ4v) is 2.42. The van der Waals surface area contributed by atoms with Crippen molar-refractivity contribution in [2.24, 2.45) is 5.73 Å². The topological polar surface area (TPSA) is 97.3 Å². The number of anilines is 2. The van der Waals surface area contributed by atoms with Crippen LogP contribution in [0.1, 0.15) is 30.1 Å². The van der Waals surface area contributed by atoms with Crippen molar-refractivity contribution in [2.75, 3.05) is 30.7 Å². The lowest BCUT2D eigenvalue weighted by molar-refractivity contribution is 0.100. The molecule has 1 aliphatic rings. The van der Waals surface area contributed by atoms with Gasteiger partial charge in [-0.3, -0.25) is 4.79 Å². The molecule has 0 saturated carbocycles. The molecule has 0 bridgehead atoms. The van der Waals surface area contributed by atoms with Gasteiger partial charge < -0.3 is 21.7 Å². The highest BCUT2D eigenvalue weighted by Gasteiger charge is 2.17. The summed E-state index contributed by atoms with van der Waals surface area (Å²) in [5.41, 5.74) is 11.7. The van der Waals surface area contributed by atoms with Gasteiger partial charge in [0.25, 0.3) is 5.91 Å². The van der Waals surface area contributed by atoms with Gasteiger partial charge >= 0.3 is 0 Å². The van der Waals surface area contributed by atoms with E-state index in [9.17, 15) is 4.79 Å². The number of amides is 1. The number of hydrogen-bond donors (Lipinski definition) is 3. The molecule has 0 spiro atoms. The predicted molar refractivity (Wildman–Crippen MR) is 75.9 cm³/mol. The number of pyridine rings is 1. The molecule has 0 radical (unpaired) electrons. The maximum atomic E-state index is 11.4. The van der Waals surface area contributed by atoms with Gasteiger partial charge in [-0.05, 0) is 38.9 Å². The summed E-state index contributed by atoms with van der Waals surface area (Å²) >= 11 is 0. The van der Waals surface area contributed by atoms with E-state index in [1.165, 1.54) is 19.0 Å². The van der Waals surface area contributed by atoms with Gasteiger partial charge in [-0.2, -0.15) is 0 Å². The first-order chi connectivity index (χ1) is 9.06. The monoisotopic (exact) mass is 263 g/mol. The van der Waals surface area contributed by atoms with E-state index in [4.69, 9.17) is 11.5 Å². The first kappa shape index (κ1) is 13.6. The van der Waals surface area contributed by atoms with Crippen molar-refractivity contribution in [2.45, 2.75) is 25.8 Å². The van der Waals surface area contributed by atoms with Crippen molar-refractivity contribution in [3.63, 3.8) is 0 Å². The van der Waals surface area contributed by atoms with E-state index < -0.39 is 5.91 Å². The highest BCUT2D eigenvalue weighted by atomic mass is 16.1. The van der Waals surface area contributed by atoms with E-state index in [-0.39, 0.29) is 6.04 Å². The van der Waals surface area contributed by atoms with Crippen LogP contribution in [0.25, 0.3) is 0 Å². The minimum atomic E-state index is -0.518. The van der Waals surface area contributed by atoms with Crippen molar-refractivity contribution in [3.05, 3.63) is 17.8 Å². The molecule has 1 unspecified atom stereocenters. The molecule has 6 nitrogen and oxygen atoms in total. The maximum absolute atomic E-state index is 11.4. The van der Waals surface area contributed by atoms with Crippen LogP contribution in [0.4, 0.5) is 11.5 Å². The maximum Gasteiger partial charge on any atom is 0.252 e. The standard InChI is InChI=1S/C13H21N5O/c1-9(8-18-4-2-3-5-18)17-13-11(12(15)19)6-10(14)7-16-13/h6-7,9H,2-5,8,14H2,1H3,(H2,15,19)(H,16,17). The Bertz CT molecular complexity index is 456. The van der Waals surface area contributed by atoms with Crippen LogP contribution in [-0.4, -0.2) is 41.5 Å². The first-order valence-corrected chi connectivity index (χ1v) is 6.60. The molecule has 1 fully saturated rings. The lowest BCUT2D eigenvalue weighted by atomic mass is 10.2. The Morgan fingerprint density at radius 3 is 2.84 bits per heavy atom. The molecular weight excluding hydrogens is 242 g/mol. The van der Waals surface area contributed by atoms with Crippen molar-refractivity contribution in [3.8, 4) is 0 Å². The van der Waals surface area contributed by atoms with Crippen LogP contribution in [-0.2, 0) is 0 Å². The normalized spacial score (nSPS) is 17.3. The number of likely N-dealkylation sites (tertiary alicyclic amines) is 1. The van der Waals surface area contributed by atoms with Gasteiger partial charge in [0, 0.05) is 12.6 Å². The molecule has 1 atom stereocenters. The molecule has 5 N–H and O–H groups in total. The van der Waals surface area contributed by atoms with Crippen molar-refractivity contribution >= 4 is 17.4 Å². The number of nitrogen functional groups attached to an aromatic ring is 1. The second kappa shape index (κ2) is 5.88. The average molecular weight is 263 g/mol. The zero-order valence-corrected chi connectivity index (χ0v) is 11.2. The summed E-state index contributed by atoms with van der Waals surface area (Å²) in [7, 11) is 0. The molecule has 2 rings (SSSR count). The second-order valence-electron chi connectivity index (χ2n) is 5.08. The Morgan fingerprint density at radius 2 is 2.21 bits per heavy atom. The highest BCUT2D eigenvalue weighted by Crippen LogP contribution is 2.16. The summed E-state index contributed by atoms with van der Waals surface area (Å²) < 4.78 is 0. The Kier molecular flexibility index (Phi) is 4.21. The van der Waals surface area contributed by atoms with Crippen molar-refractivity contribution < 1.29 is 4.79 Å². The van der Waals surface area contributed by atoms with Gasteiger partial charge in [-0.15, -0.1) is 0 Å². The molecule has 1 aromatic heterocycles. The summed E-state index contributed by atoms with van der Waals surface area (Å²) in [6.45, 7) is 5.29. The van der Waals surface area contributed by atoms with Crippen LogP contribution < -0.4 is 16.8 Å². The summed E-state index contributed by atoms with van der Waals surface area (Å²) in [5.74, 6) is -0.0101. The van der Waals surface area contributed by atoms with E-state index in [1.54, 1.807) is 6.07 Å². The zero-order chi connectivity index (χ0) is 13.8. The number of aromatic nitrogens is 1. The second-order valence-corrected chi connectivity index (χ2v) is 5.08. The molecule has 6 heteroatoms. The third-order valence-electron chi connectivity index (χ3n) is 3.29. The first-order valence-electron chi connectivity index (χ1n) is 6.60. The molecular formula is C13H21N5O. The number of primary amides is 1.